The highest BCUT2D eigenvalue weighted by Crippen LogP contribution is 2.20. The van der Waals surface area contributed by atoms with Crippen molar-refractivity contribution in [3.63, 3.8) is 0 Å². The van der Waals surface area contributed by atoms with Crippen LogP contribution < -0.4 is 5.32 Å². The zero-order chi connectivity index (χ0) is 61.3. The van der Waals surface area contributed by atoms with Crippen molar-refractivity contribution in [2.24, 2.45) is 0 Å². The van der Waals surface area contributed by atoms with E-state index in [1.54, 1.807) is 0 Å². The predicted molar refractivity (Wildman–Crippen MR) is 375 cm³/mol. The van der Waals surface area contributed by atoms with Gasteiger partial charge in [-0.2, -0.15) is 0 Å². The Morgan fingerprint density at radius 3 is 0.835 bits per heavy atom. The van der Waals surface area contributed by atoms with Gasteiger partial charge in [-0.3, -0.25) is 9.59 Å². The van der Waals surface area contributed by atoms with Gasteiger partial charge in [-0.05, 0) is 51.4 Å². The van der Waals surface area contributed by atoms with Crippen LogP contribution in [-0.2, 0) is 14.3 Å². The summed E-state index contributed by atoms with van der Waals surface area (Å²) in [6, 6.07) is -0.538. The molecular weight excluding hydrogens is 1040 g/mol. The Morgan fingerprint density at radius 1 is 0.318 bits per heavy atom. The van der Waals surface area contributed by atoms with Crippen LogP contribution in [0.3, 0.4) is 0 Å². The molecule has 0 bridgehead atoms. The van der Waals surface area contributed by atoms with E-state index in [4.69, 9.17) is 4.74 Å². The Balaban J connectivity index is 3.32. The predicted octanol–water partition coefficient (Wildman–Crippen LogP) is 25.9. The summed E-state index contributed by atoms with van der Waals surface area (Å²) in [5, 5.41) is 23.4. The lowest BCUT2D eigenvalue weighted by Crippen LogP contribution is -2.45. The summed E-state index contributed by atoms with van der Waals surface area (Å²) in [5.41, 5.74) is 0. The van der Waals surface area contributed by atoms with Gasteiger partial charge in [-0.15, -0.1) is 0 Å². The molecule has 0 heterocycles. The smallest absolute Gasteiger partial charge is 0.305 e. The monoisotopic (exact) mass is 1200 g/mol. The fourth-order valence-corrected chi connectivity index (χ4v) is 12.8. The third kappa shape index (κ3) is 71.6. The van der Waals surface area contributed by atoms with Gasteiger partial charge in [0.15, 0.2) is 0 Å². The first-order chi connectivity index (χ1) is 42.0. The maximum atomic E-state index is 12.5. The average Bonchev–Trinajstić information content (AvgIpc) is 3.51. The van der Waals surface area contributed by atoms with Crippen molar-refractivity contribution in [1.82, 2.24) is 5.32 Å². The molecule has 0 aromatic heterocycles. The number of esters is 1. The number of allylic oxidation sites excluding steroid dienone is 2. The lowest BCUT2D eigenvalue weighted by Gasteiger charge is -2.22. The number of carbonyl (C=O) groups excluding carboxylic acids is 2. The highest BCUT2D eigenvalue weighted by Gasteiger charge is 2.20. The maximum absolute atomic E-state index is 12.5. The molecule has 0 radical (unpaired) electrons. The minimum absolute atomic E-state index is 0.0248. The largest absolute Gasteiger partial charge is 0.466 e. The fourth-order valence-electron chi connectivity index (χ4n) is 12.8. The lowest BCUT2D eigenvalue weighted by atomic mass is 10.0. The van der Waals surface area contributed by atoms with Crippen molar-refractivity contribution in [2.75, 3.05) is 13.2 Å². The van der Waals surface area contributed by atoms with Gasteiger partial charge in [0.2, 0.25) is 5.91 Å². The molecule has 6 nitrogen and oxygen atoms in total. The fraction of sp³-hybridized carbons (Fsp3) is 0.949. The molecule has 0 aliphatic heterocycles. The molecule has 85 heavy (non-hydrogen) atoms. The van der Waals surface area contributed by atoms with Gasteiger partial charge in [0.05, 0.1) is 25.4 Å². The van der Waals surface area contributed by atoms with Crippen LogP contribution in [0.15, 0.2) is 12.2 Å². The highest BCUT2D eigenvalue weighted by atomic mass is 16.5. The van der Waals surface area contributed by atoms with Gasteiger partial charge < -0.3 is 20.3 Å². The van der Waals surface area contributed by atoms with Crippen LogP contribution in [0.4, 0.5) is 0 Å². The summed E-state index contributed by atoms with van der Waals surface area (Å²) in [7, 11) is 0. The third-order valence-electron chi connectivity index (χ3n) is 18.8. The maximum Gasteiger partial charge on any atom is 0.305 e. The van der Waals surface area contributed by atoms with Crippen LogP contribution >= 0.6 is 0 Å². The Labute approximate surface area is 533 Å². The molecule has 0 aromatic carbocycles. The van der Waals surface area contributed by atoms with Crippen molar-refractivity contribution in [1.29, 1.82) is 0 Å². The minimum atomic E-state index is -0.661. The van der Waals surface area contributed by atoms with Crippen molar-refractivity contribution < 1.29 is 24.5 Å². The van der Waals surface area contributed by atoms with Gasteiger partial charge in [-0.25, -0.2) is 0 Å². The lowest BCUT2D eigenvalue weighted by molar-refractivity contribution is -0.143. The first-order valence-electron chi connectivity index (χ1n) is 39.4. The molecule has 6 heteroatoms. The van der Waals surface area contributed by atoms with E-state index in [1.165, 1.54) is 385 Å². The first-order valence-corrected chi connectivity index (χ1v) is 39.4. The summed E-state index contributed by atoms with van der Waals surface area (Å²) in [6.45, 7) is 5.01. The van der Waals surface area contributed by atoms with E-state index in [-0.39, 0.29) is 18.5 Å². The quantitative estimate of drug-likeness (QED) is 0.0320. The van der Waals surface area contributed by atoms with Gasteiger partial charge in [0.1, 0.15) is 0 Å². The Morgan fingerprint density at radius 2 is 0.553 bits per heavy atom. The second-order valence-corrected chi connectivity index (χ2v) is 27.4. The zero-order valence-corrected chi connectivity index (χ0v) is 58.1. The van der Waals surface area contributed by atoms with Crippen LogP contribution in [0.25, 0.3) is 0 Å². The number of amides is 1. The molecule has 0 aliphatic rings. The van der Waals surface area contributed by atoms with E-state index in [9.17, 15) is 19.8 Å². The van der Waals surface area contributed by atoms with Crippen LogP contribution in [0.5, 0.6) is 0 Å². The van der Waals surface area contributed by atoms with Crippen LogP contribution in [0.2, 0.25) is 0 Å². The van der Waals surface area contributed by atoms with E-state index < -0.39 is 12.1 Å². The van der Waals surface area contributed by atoms with Crippen molar-refractivity contribution in [3.05, 3.63) is 12.2 Å². The first kappa shape index (κ1) is 83.6. The molecule has 506 valence electrons. The summed E-state index contributed by atoms with van der Waals surface area (Å²) < 4.78 is 5.50. The Bertz CT molecular complexity index is 1290. The van der Waals surface area contributed by atoms with Gasteiger partial charge in [0.25, 0.3) is 0 Å². The molecule has 0 aliphatic carbocycles. The van der Waals surface area contributed by atoms with Crippen LogP contribution in [0, 0.1) is 0 Å². The molecule has 0 saturated carbocycles. The number of nitrogens with one attached hydrogen (secondary N) is 1. The number of unbranched alkanes of at least 4 members (excludes halogenated alkanes) is 62. The Kier molecular flexibility index (Phi) is 73.8. The minimum Gasteiger partial charge on any atom is -0.466 e. The zero-order valence-electron chi connectivity index (χ0n) is 58.1. The molecule has 0 fully saturated rings. The molecule has 2 unspecified atom stereocenters. The number of hydrogen-bond acceptors (Lipinski definition) is 5. The summed E-state index contributed by atoms with van der Waals surface area (Å²) in [6.07, 6.45) is 94.5. The van der Waals surface area contributed by atoms with E-state index in [2.05, 4.69) is 31.3 Å². The Hall–Kier alpha value is -1.40. The van der Waals surface area contributed by atoms with Crippen molar-refractivity contribution >= 4 is 11.9 Å². The number of aliphatic hydroxyl groups excluding tert-OH is 2. The van der Waals surface area contributed by atoms with Crippen LogP contribution in [-0.4, -0.2) is 47.4 Å². The number of carbonyl (C=O) groups is 2. The topological polar surface area (TPSA) is 95.9 Å². The SMILES string of the molecule is CCCCCCCCCCCCCCCCCCCC(O)C(CO)NC(=O)CCCCCCCCCCCCCCCCCCC/C=C\CCCCCCCCCCCCCCCCCCOC(=O)CCCCCCCCCCCCCCCC. The van der Waals surface area contributed by atoms with Gasteiger partial charge in [0, 0.05) is 12.8 Å². The normalized spacial score (nSPS) is 12.5. The highest BCUT2D eigenvalue weighted by molar-refractivity contribution is 5.76. The van der Waals surface area contributed by atoms with E-state index in [1.807, 2.05) is 0 Å². The number of hydrogen-bond donors (Lipinski definition) is 3. The van der Waals surface area contributed by atoms with Gasteiger partial charge >= 0.3 is 5.97 Å². The third-order valence-corrected chi connectivity index (χ3v) is 18.8. The second kappa shape index (κ2) is 75.1. The molecule has 2 atom stereocenters. The van der Waals surface area contributed by atoms with E-state index in [0.29, 0.717) is 25.9 Å². The second-order valence-electron chi connectivity index (χ2n) is 27.4. The van der Waals surface area contributed by atoms with Crippen LogP contribution in [0.1, 0.15) is 457 Å². The summed E-state index contributed by atoms with van der Waals surface area (Å²) in [5.74, 6) is -0.00155. The number of aliphatic hydroxyl groups is 2. The molecule has 0 saturated heterocycles. The molecule has 3 N–H and O–H groups in total. The number of rotatable bonds is 75. The molecule has 0 spiro atoms. The van der Waals surface area contributed by atoms with Gasteiger partial charge in [-0.1, -0.05) is 405 Å². The molecule has 0 aromatic rings. The van der Waals surface area contributed by atoms with Crippen molar-refractivity contribution in [2.45, 2.75) is 469 Å². The average molecular weight is 1200 g/mol. The van der Waals surface area contributed by atoms with Crippen molar-refractivity contribution in [3.8, 4) is 0 Å². The molecule has 0 rings (SSSR count). The summed E-state index contributed by atoms with van der Waals surface area (Å²) in [4.78, 5) is 24.6. The van der Waals surface area contributed by atoms with E-state index in [0.717, 1.165) is 38.5 Å². The molecular formula is C79H155NO5. The molecule has 1 amide bonds. The van der Waals surface area contributed by atoms with E-state index >= 15 is 0 Å². The summed E-state index contributed by atoms with van der Waals surface area (Å²) >= 11 is 0. The standard InChI is InChI=1S/C79H155NO5/c1-3-5-7-9-11-13-15-17-19-41-44-47-51-55-59-63-67-71-77(82)76(75-81)80-78(83)72-68-64-60-56-52-48-45-42-39-37-35-33-31-29-27-25-23-21-20-22-24-26-28-30-32-34-36-38-40-43-46-50-54-58-62-66-70-74-85-79(84)73-69-65-61-57-53-49-18-16-14-12-10-8-6-4-2/h20,22,76-77,81-82H,3-19,21,23-75H2,1-2H3,(H,80,83)/b22-20-. The number of ether oxygens (including phenoxy) is 1.